The normalized spacial score (nSPS) is 18.2. The van der Waals surface area contributed by atoms with Crippen LogP contribution in [0.4, 0.5) is 15.8 Å². The summed E-state index contributed by atoms with van der Waals surface area (Å²) in [7, 11) is 0. The summed E-state index contributed by atoms with van der Waals surface area (Å²) in [5, 5.41) is 6.66. The number of rotatable bonds is 6. The maximum Gasteiger partial charge on any atom is 0.227 e. The molecule has 2 aliphatic rings. The van der Waals surface area contributed by atoms with Crippen LogP contribution < -0.4 is 15.5 Å². The molecular formula is C24H30FN3O. The van der Waals surface area contributed by atoms with Crippen molar-refractivity contribution in [2.24, 2.45) is 5.92 Å². The van der Waals surface area contributed by atoms with E-state index in [1.165, 1.54) is 30.7 Å². The third-order valence-corrected chi connectivity index (χ3v) is 6.23. The molecule has 5 heteroatoms. The fourth-order valence-corrected chi connectivity index (χ4v) is 4.39. The topological polar surface area (TPSA) is 44.4 Å². The Bertz CT molecular complexity index is 792. The van der Waals surface area contributed by atoms with Crippen molar-refractivity contribution in [2.75, 3.05) is 23.3 Å². The lowest BCUT2D eigenvalue weighted by Gasteiger charge is -2.34. The number of nitrogens with one attached hydrogen (secondary N) is 2. The molecule has 4 nitrogen and oxygen atoms in total. The van der Waals surface area contributed by atoms with Gasteiger partial charge in [-0.2, -0.15) is 0 Å². The van der Waals surface area contributed by atoms with E-state index in [2.05, 4.69) is 27.7 Å². The number of carbonyl (C=O) groups excluding carboxylic acids is 1. The average Bonchev–Trinajstić information content (AvgIpc) is 3.30. The van der Waals surface area contributed by atoms with Gasteiger partial charge in [0.25, 0.3) is 0 Å². The van der Waals surface area contributed by atoms with Crippen molar-refractivity contribution >= 4 is 17.3 Å². The number of anilines is 2. The predicted molar refractivity (Wildman–Crippen MR) is 116 cm³/mol. The third kappa shape index (κ3) is 5.36. The Labute approximate surface area is 172 Å². The molecule has 0 unspecified atom stereocenters. The van der Waals surface area contributed by atoms with Gasteiger partial charge in [0.05, 0.1) is 0 Å². The molecule has 0 spiro atoms. The van der Waals surface area contributed by atoms with Crippen molar-refractivity contribution in [1.29, 1.82) is 0 Å². The molecule has 0 aromatic heterocycles. The zero-order valence-corrected chi connectivity index (χ0v) is 16.9. The van der Waals surface area contributed by atoms with E-state index in [1.807, 2.05) is 24.3 Å². The molecule has 1 amide bonds. The van der Waals surface area contributed by atoms with E-state index < -0.39 is 0 Å². The number of piperidine rings is 1. The number of hydrogen-bond donors (Lipinski definition) is 2. The summed E-state index contributed by atoms with van der Waals surface area (Å²) in [5.74, 6) is 0.172. The van der Waals surface area contributed by atoms with E-state index in [-0.39, 0.29) is 17.6 Å². The second kappa shape index (κ2) is 9.40. The van der Waals surface area contributed by atoms with Gasteiger partial charge in [-0.1, -0.05) is 25.0 Å². The van der Waals surface area contributed by atoms with Gasteiger partial charge in [0.15, 0.2) is 0 Å². The Morgan fingerprint density at radius 2 is 1.59 bits per heavy atom. The van der Waals surface area contributed by atoms with Crippen molar-refractivity contribution in [2.45, 2.75) is 51.1 Å². The van der Waals surface area contributed by atoms with Crippen LogP contribution in [0.2, 0.25) is 0 Å². The van der Waals surface area contributed by atoms with Gasteiger partial charge in [-0.15, -0.1) is 0 Å². The first-order chi connectivity index (χ1) is 14.2. The summed E-state index contributed by atoms with van der Waals surface area (Å²) in [6.45, 7) is 2.80. The van der Waals surface area contributed by atoms with Gasteiger partial charge in [-0.25, -0.2) is 4.39 Å². The zero-order valence-electron chi connectivity index (χ0n) is 16.9. The van der Waals surface area contributed by atoms with Crippen LogP contribution in [0, 0.1) is 11.7 Å². The fraction of sp³-hybridized carbons (Fsp3) is 0.458. The largest absolute Gasteiger partial charge is 0.371 e. The molecule has 1 heterocycles. The van der Waals surface area contributed by atoms with Crippen LogP contribution in [0.25, 0.3) is 0 Å². The zero-order chi connectivity index (χ0) is 20.1. The highest BCUT2D eigenvalue weighted by atomic mass is 19.1. The Morgan fingerprint density at radius 1 is 0.931 bits per heavy atom. The SMILES string of the molecule is O=C(Nc1ccc(N2CCC(NCc3ccc(F)cc3)CC2)cc1)C1CCCC1. The predicted octanol–water partition coefficient (Wildman–Crippen LogP) is 4.71. The molecule has 0 radical (unpaired) electrons. The van der Waals surface area contributed by atoms with E-state index in [9.17, 15) is 9.18 Å². The fourth-order valence-electron chi connectivity index (χ4n) is 4.39. The molecule has 2 fully saturated rings. The molecule has 29 heavy (non-hydrogen) atoms. The number of hydrogen-bond acceptors (Lipinski definition) is 3. The van der Waals surface area contributed by atoms with Crippen LogP contribution >= 0.6 is 0 Å². The van der Waals surface area contributed by atoms with Crippen molar-refractivity contribution in [3.8, 4) is 0 Å². The minimum atomic E-state index is -0.189. The summed E-state index contributed by atoms with van der Waals surface area (Å²) in [4.78, 5) is 14.7. The maximum atomic E-state index is 13.0. The van der Waals surface area contributed by atoms with E-state index >= 15 is 0 Å². The number of benzene rings is 2. The maximum absolute atomic E-state index is 13.0. The van der Waals surface area contributed by atoms with Gasteiger partial charge in [0.2, 0.25) is 5.91 Å². The quantitative estimate of drug-likeness (QED) is 0.744. The molecule has 1 aliphatic heterocycles. The minimum Gasteiger partial charge on any atom is -0.371 e. The Hall–Kier alpha value is -2.40. The van der Waals surface area contributed by atoms with Gasteiger partial charge in [0.1, 0.15) is 5.82 Å². The number of carbonyl (C=O) groups is 1. The smallest absolute Gasteiger partial charge is 0.227 e. The molecule has 1 saturated heterocycles. The van der Waals surface area contributed by atoms with Gasteiger partial charge in [0, 0.05) is 43.0 Å². The second-order valence-electron chi connectivity index (χ2n) is 8.29. The van der Waals surface area contributed by atoms with Crippen LogP contribution in [-0.4, -0.2) is 25.0 Å². The summed E-state index contributed by atoms with van der Waals surface area (Å²) in [5.41, 5.74) is 3.21. The molecule has 2 aromatic carbocycles. The van der Waals surface area contributed by atoms with Crippen LogP contribution in [0.1, 0.15) is 44.1 Å². The monoisotopic (exact) mass is 395 g/mol. The van der Waals surface area contributed by atoms with Crippen molar-refractivity contribution in [1.82, 2.24) is 5.32 Å². The van der Waals surface area contributed by atoms with Crippen molar-refractivity contribution < 1.29 is 9.18 Å². The highest BCUT2D eigenvalue weighted by Crippen LogP contribution is 2.27. The van der Waals surface area contributed by atoms with Gasteiger partial charge < -0.3 is 15.5 Å². The van der Waals surface area contributed by atoms with E-state index in [0.717, 1.165) is 56.6 Å². The molecule has 2 N–H and O–H groups in total. The molecule has 2 aromatic rings. The lowest BCUT2D eigenvalue weighted by molar-refractivity contribution is -0.119. The van der Waals surface area contributed by atoms with Crippen molar-refractivity contribution in [3.63, 3.8) is 0 Å². The summed E-state index contributed by atoms with van der Waals surface area (Å²) < 4.78 is 13.0. The standard InChI is InChI=1S/C24H30FN3O/c25-20-7-5-18(6-8-20)17-26-21-13-15-28(16-14-21)23-11-9-22(10-12-23)27-24(29)19-3-1-2-4-19/h5-12,19,21,26H,1-4,13-17H2,(H,27,29). The Balaban J connectivity index is 1.23. The molecule has 4 rings (SSSR count). The molecule has 0 atom stereocenters. The van der Waals surface area contributed by atoms with Gasteiger partial charge in [-0.05, 0) is 67.6 Å². The molecule has 1 aliphatic carbocycles. The summed E-state index contributed by atoms with van der Waals surface area (Å²) >= 11 is 0. The van der Waals surface area contributed by atoms with Gasteiger partial charge >= 0.3 is 0 Å². The lowest BCUT2D eigenvalue weighted by atomic mass is 10.0. The first kappa shape index (κ1) is 19.9. The summed E-state index contributed by atoms with van der Waals surface area (Å²) in [6, 6.07) is 15.4. The van der Waals surface area contributed by atoms with Crippen molar-refractivity contribution in [3.05, 3.63) is 59.9 Å². The first-order valence-electron chi connectivity index (χ1n) is 10.8. The second-order valence-corrected chi connectivity index (χ2v) is 8.29. The van der Waals surface area contributed by atoms with Crippen LogP contribution in [0.3, 0.4) is 0 Å². The summed E-state index contributed by atoms with van der Waals surface area (Å²) in [6.07, 6.45) is 6.56. The molecular weight excluding hydrogens is 365 g/mol. The first-order valence-corrected chi connectivity index (χ1v) is 10.8. The highest BCUT2D eigenvalue weighted by molar-refractivity contribution is 5.92. The van der Waals surface area contributed by atoms with E-state index in [0.29, 0.717) is 6.04 Å². The number of halogens is 1. The van der Waals surface area contributed by atoms with Crippen LogP contribution in [-0.2, 0) is 11.3 Å². The Kier molecular flexibility index (Phi) is 6.45. The molecule has 1 saturated carbocycles. The van der Waals surface area contributed by atoms with E-state index in [4.69, 9.17) is 0 Å². The van der Waals surface area contributed by atoms with Gasteiger partial charge in [-0.3, -0.25) is 4.79 Å². The average molecular weight is 396 g/mol. The molecule has 154 valence electrons. The van der Waals surface area contributed by atoms with Crippen LogP contribution in [0.15, 0.2) is 48.5 Å². The number of nitrogens with zero attached hydrogens (tertiary/aromatic N) is 1. The number of amides is 1. The van der Waals surface area contributed by atoms with E-state index in [1.54, 1.807) is 0 Å². The highest BCUT2D eigenvalue weighted by Gasteiger charge is 2.23. The third-order valence-electron chi connectivity index (χ3n) is 6.23. The van der Waals surface area contributed by atoms with Crippen LogP contribution in [0.5, 0.6) is 0 Å². The lowest BCUT2D eigenvalue weighted by Crippen LogP contribution is -2.42. The Morgan fingerprint density at radius 3 is 2.24 bits per heavy atom. The molecule has 0 bridgehead atoms. The minimum absolute atomic E-state index is 0.170.